The smallest absolute Gasteiger partial charge is 0.244 e. The summed E-state index contributed by atoms with van der Waals surface area (Å²) < 4.78 is 6.93. The van der Waals surface area contributed by atoms with Gasteiger partial charge in [-0.1, -0.05) is 20.8 Å². The highest BCUT2D eigenvalue weighted by molar-refractivity contribution is 7.09. The minimum Gasteiger partial charge on any atom is -0.497 e. The second kappa shape index (κ2) is 8.32. The largest absolute Gasteiger partial charge is 0.497 e. The van der Waals surface area contributed by atoms with Crippen LogP contribution in [0.25, 0.3) is 10.9 Å². The summed E-state index contributed by atoms with van der Waals surface area (Å²) in [5, 5.41) is 8.04. The van der Waals surface area contributed by atoms with Crippen molar-refractivity contribution in [3.8, 4) is 5.75 Å². The van der Waals surface area contributed by atoms with Gasteiger partial charge >= 0.3 is 0 Å². The predicted octanol–water partition coefficient (Wildman–Crippen LogP) is 3.78. The van der Waals surface area contributed by atoms with Crippen LogP contribution in [0.5, 0.6) is 5.75 Å². The Balaban J connectivity index is 1.97. The van der Waals surface area contributed by atoms with E-state index in [2.05, 4.69) is 10.1 Å². The molecule has 0 unspecified atom stereocenters. The molecule has 0 aliphatic rings. The normalized spacial score (nSPS) is 11.6. The zero-order chi connectivity index (χ0) is 21.2. The van der Waals surface area contributed by atoms with Gasteiger partial charge in [0.2, 0.25) is 5.91 Å². The Hall–Kier alpha value is -2.74. The minimum atomic E-state index is -0.573. The van der Waals surface area contributed by atoms with Gasteiger partial charge in [0.25, 0.3) is 0 Å². The number of aromatic nitrogens is 3. The summed E-state index contributed by atoms with van der Waals surface area (Å²) in [6, 6.07) is 5.44. The lowest BCUT2D eigenvalue weighted by Gasteiger charge is -2.19. The highest BCUT2D eigenvalue weighted by Gasteiger charge is 2.28. The molecule has 0 aliphatic heterocycles. The number of rotatable bonds is 7. The van der Waals surface area contributed by atoms with E-state index in [9.17, 15) is 9.59 Å². The van der Waals surface area contributed by atoms with Gasteiger partial charge in [0.15, 0.2) is 5.78 Å². The monoisotopic (exact) mass is 414 g/mol. The van der Waals surface area contributed by atoms with E-state index in [1.165, 1.54) is 11.3 Å². The standard InChI is InChI=1S/C21H26N4O3S/c1-6-24(12-17-22-9-10-29-17)18(26)13-25-16-11-14(28-5)7-8-15(16)19(23-25)20(27)21(2,3)4/h7-11H,6,12-13H2,1-5H3. The molecule has 2 heterocycles. The summed E-state index contributed by atoms with van der Waals surface area (Å²) in [5.41, 5.74) is 0.512. The fraction of sp³-hybridized carbons (Fsp3) is 0.429. The van der Waals surface area contributed by atoms with Crippen molar-refractivity contribution < 1.29 is 14.3 Å². The van der Waals surface area contributed by atoms with E-state index in [0.29, 0.717) is 30.0 Å². The third-order valence-electron chi connectivity index (χ3n) is 4.68. The topological polar surface area (TPSA) is 77.3 Å². The molecule has 154 valence electrons. The molecule has 0 N–H and O–H groups in total. The number of hydrogen-bond acceptors (Lipinski definition) is 6. The van der Waals surface area contributed by atoms with E-state index >= 15 is 0 Å². The lowest BCUT2D eigenvalue weighted by molar-refractivity contribution is -0.132. The molecule has 1 aromatic carbocycles. The molecule has 0 bridgehead atoms. The Kier molecular flexibility index (Phi) is 6.02. The molecular formula is C21H26N4O3S. The molecular weight excluding hydrogens is 388 g/mol. The van der Waals surface area contributed by atoms with Crippen LogP contribution in [-0.4, -0.2) is 45.0 Å². The molecule has 0 atom stereocenters. The number of amides is 1. The van der Waals surface area contributed by atoms with Gasteiger partial charge in [-0.2, -0.15) is 5.10 Å². The molecule has 0 aliphatic carbocycles. The Morgan fingerprint density at radius 1 is 1.28 bits per heavy atom. The fourth-order valence-electron chi connectivity index (χ4n) is 3.02. The van der Waals surface area contributed by atoms with Crippen LogP contribution in [0.15, 0.2) is 29.8 Å². The molecule has 0 fully saturated rings. The molecule has 0 radical (unpaired) electrons. The van der Waals surface area contributed by atoms with E-state index in [4.69, 9.17) is 4.74 Å². The van der Waals surface area contributed by atoms with Gasteiger partial charge in [0.05, 0.1) is 19.2 Å². The quantitative estimate of drug-likeness (QED) is 0.550. The molecule has 3 aromatic rings. The summed E-state index contributed by atoms with van der Waals surface area (Å²) >= 11 is 1.52. The number of hydrogen-bond donors (Lipinski definition) is 0. The summed E-state index contributed by atoms with van der Waals surface area (Å²) in [7, 11) is 1.58. The summed E-state index contributed by atoms with van der Waals surface area (Å²) in [6.45, 7) is 8.59. The highest BCUT2D eigenvalue weighted by atomic mass is 32.1. The van der Waals surface area contributed by atoms with Crippen LogP contribution in [0.3, 0.4) is 0 Å². The van der Waals surface area contributed by atoms with Gasteiger partial charge in [0.1, 0.15) is 23.0 Å². The van der Waals surface area contributed by atoms with Crippen LogP contribution in [0, 0.1) is 5.41 Å². The molecule has 7 nitrogen and oxygen atoms in total. The van der Waals surface area contributed by atoms with Crippen molar-refractivity contribution in [2.45, 2.75) is 40.8 Å². The number of methoxy groups -OCH3 is 1. The maximum Gasteiger partial charge on any atom is 0.244 e. The van der Waals surface area contributed by atoms with Gasteiger partial charge < -0.3 is 9.64 Å². The first-order valence-corrected chi connectivity index (χ1v) is 10.4. The second-order valence-electron chi connectivity index (χ2n) is 7.80. The third kappa shape index (κ3) is 4.48. The van der Waals surface area contributed by atoms with Crippen molar-refractivity contribution in [1.29, 1.82) is 0 Å². The number of thiazole rings is 1. The van der Waals surface area contributed by atoms with E-state index in [1.54, 1.807) is 29.0 Å². The molecule has 0 saturated heterocycles. The average Bonchev–Trinajstić information content (AvgIpc) is 3.32. The van der Waals surface area contributed by atoms with Crippen molar-refractivity contribution in [2.24, 2.45) is 5.41 Å². The number of ether oxygens (including phenoxy) is 1. The van der Waals surface area contributed by atoms with Gasteiger partial charge in [-0.15, -0.1) is 11.3 Å². The molecule has 29 heavy (non-hydrogen) atoms. The molecule has 8 heteroatoms. The van der Waals surface area contributed by atoms with Gasteiger partial charge in [0, 0.05) is 35.0 Å². The van der Waals surface area contributed by atoms with E-state index in [1.807, 2.05) is 45.2 Å². The number of benzene rings is 1. The Labute approximate surface area is 174 Å². The molecule has 1 amide bonds. The molecule has 0 saturated carbocycles. The minimum absolute atomic E-state index is 0.0420. The zero-order valence-electron chi connectivity index (χ0n) is 17.4. The first-order valence-electron chi connectivity index (χ1n) is 9.50. The summed E-state index contributed by atoms with van der Waals surface area (Å²) in [6.07, 6.45) is 1.73. The van der Waals surface area contributed by atoms with Crippen LogP contribution in [0.1, 0.15) is 43.2 Å². The zero-order valence-corrected chi connectivity index (χ0v) is 18.2. The van der Waals surface area contributed by atoms with Gasteiger partial charge in [-0.05, 0) is 19.1 Å². The van der Waals surface area contributed by atoms with Gasteiger partial charge in [-0.25, -0.2) is 4.98 Å². The van der Waals surface area contributed by atoms with Crippen molar-refractivity contribution in [3.05, 3.63) is 40.5 Å². The van der Waals surface area contributed by atoms with Crippen LogP contribution in [0.2, 0.25) is 0 Å². The Morgan fingerprint density at radius 3 is 2.62 bits per heavy atom. The maximum atomic E-state index is 13.0. The van der Waals surface area contributed by atoms with Crippen molar-refractivity contribution >= 4 is 33.9 Å². The number of fused-ring (bicyclic) bond motifs is 1. The first-order chi connectivity index (χ1) is 13.7. The van der Waals surface area contributed by atoms with Crippen LogP contribution < -0.4 is 4.74 Å². The fourth-order valence-corrected chi connectivity index (χ4v) is 3.65. The predicted molar refractivity (Wildman–Crippen MR) is 113 cm³/mol. The summed E-state index contributed by atoms with van der Waals surface area (Å²) in [5.74, 6) is 0.509. The SMILES string of the molecule is CCN(Cc1nccs1)C(=O)Cn1nc(C(=O)C(C)(C)C)c2ccc(OC)cc21. The molecule has 3 rings (SSSR count). The highest BCUT2D eigenvalue weighted by Crippen LogP contribution is 2.29. The van der Waals surface area contributed by atoms with E-state index < -0.39 is 5.41 Å². The first kappa shape index (κ1) is 21.0. The number of likely N-dealkylation sites (N-methyl/N-ethyl adjacent to an activating group) is 1. The summed E-state index contributed by atoms with van der Waals surface area (Å²) in [4.78, 5) is 31.9. The van der Waals surface area contributed by atoms with E-state index in [-0.39, 0.29) is 18.2 Å². The molecule has 2 aromatic heterocycles. The van der Waals surface area contributed by atoms with Crippen molar-refractivity contribution in [1.82, 2.24) is 19.7 Å². The van der Waals surface area contributed by atoms with Gasteiger partial charge in [-0.3, -0.25) is 14.3 Å². The van der Waals surface area contributed by atoms with Crippen molar-refractivity contribution in [3.63, 3.8) is 0 Å². The van der Waals surface area contributed by atoms with Crippen LogP contribution >= 0.6 is 11.3 Å². The molecule has 0 spiro atoms. The maximum absolute atomic E-state index is 13.0. The lowest BCUT2D eigenvalue weighted by Crippen LogP contribution is -2.33. The lowest BCUT2D eigenvalue weighted by atomic mass is 9.88. The van der Waals surface area contributed by atoms with E-state index in [0.717, 1.165) is 10.4 Å². The number of carbonyl (C=O) groups is 2. The number of ketones is 1. The number of carbonyl (C=O) groups excluding carboxylic acids is 2. The third-order valence-corrected chi connectivity index (χ3v) is 5.45. The number of nitrogens with zero attached hydrogens (tertiary/aromatic N) is 4. The Morgan fingerprint density at radius 2 is 2.03 bits per heavy atom. The Bertz CT molecular complexity index is 1020. The van der Waals surface area contributed by atoms with Crippen molar-refractivity contribution in [2.75, 3.05) is 13.7 Å². The van der Waals surface area contributed by atoms with Crippen LogP contribution in [0.4, 0.5) is 0 Å². The second-order valence-corrected chi connectivity index (χ2v) is 8.78. The number of Topliss-reactive ketones (excluding diaryl/α,β-unsaturated/α-hetero) is 1. The average molecular weight is 415 g/mol. The van der Waals surface area contributed by atoms with Crippen LogP contribution in [-0.2, 0) is 17.9 Å².